The van der Waals surface area contributed by atoms with Gasteiger partial charge in [-0.2, -0.15) is 5.10 Å². The summed E-state index contributed by atoms with van der Waals surface area (Å²) in [6.07, 6.45) is 3.22. The van der Waals surface area contributed by atoms with Gasteiger partial charge in [0.1, 0.15) is 18.4 Å². The van der Waals surface area contributed by atoms with Gasteiger partial charge in [0.15, 0.2) is 5.96 Å². The smallest absolute Gasteiger partial charge is 0.191 e. The van der Waals surface area contributed by atoms with Crippen molar-refractivity contribution in [3.05, 3.63) is 72.3 Å². The third-order valence-corrected chi connectivity index (χ3v) is 5.75. The van der Waals surface area contributed by atoms with Crippen molar-refractivity contribution in [3.8, 4) is 11.4 Å². The minimum Gasteiger partial charge on any atom is -0.497 e. The molecule has 2 heterocycles. The number of ether oxygens (including phenoxy) is 2. The maximum Gasteiger partial charge on any atom is 0.191 e. The lowest BCUT2D eigenvalue weighted by Gasteiger charge is -2.35. The summed E-state index contributed by atoms with van der Waals surface area (Å²) in [6, 6.07) is 16.7. The predicted molar refractivity (Wildman–Crippen MR) is 143 cm³/mol. The molecule has 3 aromatic rings. The highest BCUT2D eigenvalue weighted by Crippen LogP contribution is 2.23. The van der Waals surface area contributed by atoms with Gasteiger partial charge in [-0.1, -0.05) is 24.3 Å². The summed E-state index contributed by atoms with van der Waals surface area (Å²) in [5, 5.41) is 11.1. The van der Waals surface area contributed by atoms with Crippen LogP contribution in [0, 0.1) is 0 Å². The molecule has 0 aliphatic carbocycles. The van der Waals surface area contributed by atoms with E-state index < -0.39 is 0 Å². The van der Waals surface area contributed by atoms with Crippen molar-refractivity contribution in [2.75, 3.05) is 47.0 Å². The van der Waals surface area contributed by atoms with Gasteiger partial charge in [-0.3, -0.25) is 9.89 Å². The monoisotopic (exact) mass is 577 g/mol. The van der Waals surface area contributed by atoms with Crippen LogP contribution in [0.5, 0.6) is 5.75 Å². The first-order valence-electron chi connectivity index (χ1n) is 11.1. The third-order valence-electron chi connectivity index (χ3n) is 5.75. The molecule has 0 spiro atoms. The molecule has 1 fully saturated rings. The number of hydrogen-bond donors (Lipinski definition) is 2. The van der Waals surface area contributed by atoms with E-state index in [0.717, 1.165) is 55.8 Å². The molecule has 1 aromatic heterocycles. The largest absolute Gasteiger partial charge is 0.497 e. The summed E-state index contributed by atoms with van der Waals surface area (Å²) in [7, 11) is 3.48. The second-order valence-electron chi connectivity index (χ2n) is 7.75. The van der Waals surface area contributed by atoms with Crippen molar-refractivity contribution >= 4 is 29.9 Å². The lowest BCUT2D eigenvalue weighted by molar-refractivity contribution is 0.0170. The minimum atomic E-state index is 0. The fraction of sp³-hybridized carbons (Fsp3) is 0.375. The van der Waals surface area contributed by atoms with E-state index in [1.54, 1.807) is 25.2 Å². The first-order valence-corrected chi connectivity index (χ1v) is 11.1. The van der Waals surface area contributed by atoms with Crippen LogP contribution in [0.4, 0.5) is 0 Å². The van der Waals surface area contributed by atoms with E-state index in [-0.39, 0.29) is 30.0 Å². The molecular weight excluding hydrogens is 545 g/mol. The van der Waals surface area contributed by atoms with E-state index in [0.29, 0.717) is 6.54 Å². The number of morpholine rings is 1. The van der Waals surface area contributed by atoms with Crippen LogP contribution in [-0.2, 0) is 11.3 Å². The Kier molecular flexibility index (Phi) is 10.1. The summed E-state index contributed by atoms with van der Waals surface area (Å²) in [5.74, 6) is 1.63. The number of guanidine groups is 1. The summed E-state index contributed by atoms with van der Waals surface area (Å²) >= 11 is 0. The second kappa shape index (κ2) is 13.3. The van der Waals surface area contributed by atoms with Gasteiger partial charge in [0.25, 0.3) is 0 Å². The van der Waals surface area contributed by atoms with Crippen molar-refractivity contribution in [1.29, 1.82) is 0 Å². The van der Waals surface area contributed by atoms with Gasteiger partial charge in [0.2, 0.25) is 0 Å². The number of nitrogens with zero attached hydrogens (tertiary/aromatic N) is 5. The molecule has 1 aliphatic rings. The molecule has 0 bridgehead atoms. The number of aliphatic imine (C=N–C) groups is 1. The second-order valence-corrected chi connectivity index (χ2v) is 7.75. The normalized spacial score (nSPS) is 15.3. The van der Waals surface area contributed by atoms with Crippen LogP contribution < -0.4 is 15.4 Å². The first-order chi connectivity index (χ1) is 16.3. The average molecular weight is 577 g/mol. The summed E-state index contributed by atoms with van der Waals surface area (Å²) in [5.41, 5.74) is 3.37. The Morgan fingerprint density at radius 1 is 1.09 bits per heavy atom. The Morgan fingerprint density at radius 3 is 2.44 bits per heavy atom. The van der Waals surface area contributed by atoms with Crippen LogP contribution >= 0.6 is 24.0 Å². The lowest BCUT2D eigenvalue weighted by Crippen LogP contribution is -2.46. The highest BCUT2D eigenvalue weighted by molar-refractivity contribution is 14.0. The molecule has 10 heteroatoms. The van der Waals surface area contributed by atoms with Crippen LogP contribution in [0.25, 0.3) is 5.69 Å². The maximum absolute atomic E-state index is 5.56. The number of nitrogens with one attached hydrogen (secondary N) is 2. The van der Waals surface area contributed by atoms with E-state index in [1.807, 2.05) is 24.3 Å². The van der Waals surface area contributed by atoms with Gasteiger partial charge < -0.3 is 20.1 Å². The van der Waals surface area contributed by atoms with E-state index in [2.05, 4.69) is 54.9 Å². The van der Waals surface area contributed by atoms with Crippen LogP contribution in [0.1, 0.15) is 17.2 Å². The van der Waals surface area contributed by atoms with E-state index in [9.17, 15) is 0 Å². The molecule has 1 saturated heterocycles. The highest BCUT2D eigenvalue weighted by Gasteiger charge is 2.23. The third kappa shape index (κ3) is 6.90. The first kappa shape index (κ1) is 25.9. The van der Waals surface area contributed by atoms with E-state index in [4.69, 9.17) is 9.47 Å². The molecular formula is C24H32IN7O2. The number of benzene rings is 2. The topological polar surface area (TPSA) is 88.8 Å². The van der Waals surface area contributed by atoms with Crippen molar-refractivity contribution in [3.63, 3.8) is 0 Å². The van der Waals surface area contributed by atoms with Crippen LogP contribution in [-0.4, -0.2) is 72.6 Å². The zero-order valence-corrected chi connectivity index (χ0v) is 21.9. The van der Waals surface area contributed by atoms with Crippen LogP contribution in [0.2, 0.25) is 0 Å². The maximum atomic E-state index is 5.56. The highest BCUT2D eigenvalue weighted by atomic mass is 127. The minimum absolute atomic E-state index is 0. The zero-order chi connectivity index (χ0) is 22.9. The summed E-state index contributed by atoms with van der Waals surface area (Å²) in [4.78, 5) is 10.9. The SMILES string of the molecule is CN=C(NCc1ccc(-n2cncn2)cc1)NCC(c1ccc(OC)cc1)N1CCOCC1.I. The fourth-order valence-electron chi connectivity index (χ4n) is 3.88. The predicted octanol–water partition coefficient (Wildman–Crippen LogP) is 2.63. The molecule has 182 valence electrons. The van der Waals surface area contributed by atoms with Gasteiger partial charge in [-0.25, -0.2) is 9.67 Å². The molecule has 0 saturated carbocycles. The molecule has 1 aliphatic heterocycles. The van der Waals surface area contributed by atoms with Gasteiger partial charge in [0, 0.05) is 33.2 Å². The molecule has 9 nitrogen and oxygen atoms in total. The number of halogens is 1. The number of rotatable bonds is 8. The Balaban J connectivity index is 0.00000324. The van der Waals surface area contributed by atoms with Gasteiger partial charge in [0.05, 0.1) is 32.1 Å². The zero-order valence-electron chi connectivity index (χ0n) is 19.6. The van der Waals surface area contributed by atoms with Gasteiger partial charge >= 0.3 is 0 Å². The van der Waals surface area contributed by atoms with Gasteiger partial charge in [-0.15, -0.1) is 24.0 Å². The van der Waals surface area contributed by atoms with E-state index in [1.165, 1.54) is 11.9 Å². The van der Waals surface area contributed by atoms with Crippen LogP contribution in [0.15, 0.2) is 66.2 Å². The molecule has 0 radical (unpaired) electrons. The average Bonchev–Trinajstić information content (AvgIpc) is 3.42. The molecule has 1 unspecified atom stereocenters. The molecule has 4 rings (SSSR count). The summed E-state index contributed by atoms with van der Waals surface area (Å²) in [6.45, 7) is 4.72. The number of methoxy groups -OCH3 is 1. The Labute approximate surface area is 217 Å². The van der Waals surface area contributed by atoms with Crippen LogP contribution in [0.3, 0.4) is 0 Å². The van der Waals surface area contributed by atoms with Crippen molar-refractivity contribution in [2.24, 2.45) is 4.99 Å². The standard InChI is InChI=1S/C24H31N7O2.HI/c1-25-24(27-15-19-3-7-21(8-4-19)31-18-26-17-29-31)28-16-23(30-11-13-33-14-12-30)20-5-9-22(32-2)10-6-20;/h3-10,17-18,23H,11-16H2,1-2H3,(H2,25,27,28);1H. The molecule has 0 amide bonds. The Morgan fingerprint density at radius 2 is 1.82 bits per heavy atom. The molecule has 34 heavy (non-hydrogen) atoms. The molecule has 2 aromatic carbocycles. The van der Waals surface area contributed by atoms with Crippen molar-refractivity contribution in [1.82, 2.24) is 30.3 Å². The quantitative estimate of drug-likeness (QED) is 0.242. The molecule has 2 N–H and O–H groups in total. The Hall–Kier alpha value is -2.70. The number of aromatic nitrogens is 3. The summed E-state index contributed by atoms with van der Waals surface area (Å²) < 4.78 is 12.6. The van der Waals surface area contributed by atoms with E-state index >= 15 is 0 Å². The fourth-order valence-corrected chi connectivity index (χ4v) is 3.88. The van der Waals surface area contributed by atoms with Gasteiger partial charge in [-0.05, 0) is 35.4 Å². The Bertz CT molecular complexity index is 1000. The number of hydrogen-bond acceptors (Lipinski definition) is 6. The molecule has 1 atom stereocenters. The lowest BCUT2D eigenvalue weighted by atomic mass is 10.0. The van der Waals surface area contributed by atoms with Crippen molar-refractivity contribution in [2.45, 2.75) is 12.6 Å². The van der Waals surface area contributed by atoms with Crippen molar-refractivity contribution < 1.29 is 9.47 Å².